The van der Waals surface area contributed by atoms with E-state index in [1.54, 1.807) is 0 Å². The topological polar surface area (TPSA) is 69.9 Å². The van der Waals surface area contributed by atoms with E-state index in [9.17, 15) is 14.4 Å². The first-order chi connectivity index (χ1) is 13.0. The number of aromatic carboxylic acids is 1. The van der Waals surface area contributed by atoms with Crippen LogP contribution in [-0.2, 0) is 10.8 Å². The number of carboxylic acids is 1. The smallest absolute Gasteiger partial charge is 0.335 e. The average molecular weight is 381 g/mol. The van der Waals surface area contributed by atoms with Crippen molar-refractivity contribution in [2.45, 2.75) is 44.9 Å². The maximum Gasteiger partial charge on any atom is 0.335 e. The minimum Gasteiger partial charge on any atom is -0.478 e. The summed E-state index contributed by atoms with van der Waals surface area (Å²) in [6.07, 6.45) is 4.02. The van der Waals surface area contributed by atoms with E-state index in [1.807, 2.05) is 12.1 Å². The Labute approximate surface area is 164 Å². The predicted molar refractivity (Wildman–Crippen MR) is 108 cm³/mol. The molecule has 0 heterocycles. The number of nitrogens with zero attached hydrogens (tertiary/aromatic N) is 1. The highest BCUT2D eigenvalue weighted by molar-refractivity contribution is 6.10. The number of fused-ring (bicyclic) bond motifs is 1. The Hall–Kier alpha value is -2.95. The molecule has 1 aliphatic carbocycles. The number of oxime groups is 1. The van der Waals surface area contributed by atoms with Crippen molar-refractivity contribution in [3.05, 3.63) is 76.1 Å². The van der Waals surface area contributed by atoms with Gasteiger partial charge in [-0.15, -0.1) is 0 Å². The number of halogens is 1. The number of carboxylic acid groups (broad SMARTS) is 1. The molecule has 0 amide bonds. The molecule has 4 nitrogen and oxygen atoms in total. The summed E-state index contributed by atoms with van der Waals surface area (Å²) in [7, 11) is 0. The summed E-state index contributed by atoms with van der Waals surface area (Å²) < 4.78 is 14.1. The SMILES string of the molecule is CC1(C)CC(C)(C)c2cc(C(C=Cc3ccc(C(=O)O)cc3F)=NO)ccc21. The standard InChI is InChI=1S/C23H24FNO3/c1-22(2)13-23(3,4)18-11-15(7-9-17(18)22)20(25-28)10-8-14-5-6-16(21(26)27)12-19(14)24/h5-12,28H,13H2,1-4H3,(H,26,27). The molecule has 0 spiro atoms. The number of allylic oxidation sites excluding steroid dienone is 1. The minimum absolute atomic E-state index is 0.0118. The number of rotatable bonds is 4. The third-order valence-electron chi connectivity index (χ3n) is 5.43. The quantitative estimate of drug-likeness (QED) is 0.425. The van der Waals surface area contributed by atoms with E-state index in [4.69, 9.17) is 5.11 Å². The van der Waals surface area contributed by atoms with E-state index in [2.05, 4.69) is 38.9 Å². The van der Waals surface area contributed by atoms with Crippen molar-refractivity contribution in [3.8, 4) is 0 Å². The Morgan fingerprint density at radius 3 is 2.29 bits per heavy atom. The molecule has 2 N–H and O–H groups in total. The number of benzene rings is 2. The first kappa shape index (κ1) is 19.8. The van der Waals surface area contributed by atoms with Crippen molar-refractivity contribution >= 4 is 17.8 Å². The highest BCUT2D eigenvalue weighted by atomic mass is 19.1. The van der Waals surface area contributed by atoms with Gasteiger partial charge in [0.2, 0.25) is 0 Å². The molecule has 2 aromatic carbocycles. The fraction of sp³-hybridized carbons (Fsp3) is 0.304. The van der Waals surface area contributed by atoms with Crippen LogP contribution in [0.25, 0.3) is 6.08 Å². The second kappa shape index (κ2) is 6.89. The lowest BCUT2D eigenvalue weighted by atomic mass is 9.82. The Kier molecular flexibility index (Phi) is 4.88. The third kappa shape index (κ3) is 3.57. The first-order valence-electron chi connectivity index (χ1n) is 9.13. The lowest BCUT2D eigenvalue weighted by Crippen LogP contribution is -2.18. The van der Waals surface area contributed by atoms with E-state index < -0.39 is 11.8 Å². The van der Waals surface area contributed by atoms with Crippen LogP contribution >= 0.6 is 0 Å². The molecule has 3 rings (SSSR count). The van der Waals surface area contributed by atoms with Crippen LogP contribution in [0.3, 0.4) is 0 Å². The Bertz CT molecular complexity index is 1000. The fourth-order valence-electron chi connectivity index (χ4n) is 4.30. The monoisotopic (exact) mass is 381 g/mol. The van der Waals surface area contributed by atoms with Crippen molar-refractivity contribution in [1.82, 2.24) is 0 Å². The molecule has 0 bridgehead atoms. The Morgan fingerprint density at radius 2 is 1.68 bits per heavy atom. The zero-order valence-corrected chi connectivity index (χ0v) is 16.5. The lowest BCUT2D eigenvalue weighted by Gasteiger charge is -2.22. The van der Waals surface area contributed by atoms with Crippen LogP contribution in [0.15, 0.2) is 47.6 Å². The van der Waals surface area contributed by atoms with Gasteiger partial charge in [0.15, 0.2) is 0 Å². The van der Waals surface area contributed by atoms with Gasteiger partial charge in [0.1, 0.15) is 11.5 Å². The number of hydrogen-bond acceptors (Lipinski definition) is 3. The molecule has 28 heavy (non-hydrogen) atoms. The molecule has 0 aliphatic heterocycles. The van der Waals surface area contributed by atoms with Gasteiger partial charge in [0.25, 0.3) is 0 Å². The second-order valence-corrected chi connectivity index (χ2v) is 8.56. The van der Waals surface area contributed by atoms with Gasteiger partial charge < -0.3 is 10.3 Å². The molecule has 0 radical (unpaired) electrons. The predicted octanol–water partition coefficient (Wildman–Crippen LogP) is 5.37. The van der Waals surface area contributed by atoms with Crippen LogP contribution in [0.1, 0.15) is 66.7 Å². The van der Waals surface area contributed by atoms with Gasteiger partial charge in [-0.3, -0.25) is 0 Å². The third-order valence-corrected chi connectivity index (χ3v) is 5.43. The van der Waals surface area contributed by atoms with Crippen molar-refractivity contribution in [3.63, 3.8) is 0 Å². The van der Waals surface area contributed by atoms with Gasteiger partial charge in [0, 0.05) is 11.1 Å². The molecular formula is C23H24FNO3. The van der Waals surface area contributed by atoms with E-state index in [1.165, 1.54) is 35.4 Å². The summed E-state index contributed by atoms with van der Waals surface area (Å²) in [6.45, 7) is 8.86. The van der Waals surface area contributed by atoms with Crippen LogP contribution in [0, 0.1) is 5.82 Å². The first-order valence-corrected chi connectivity index (χ1v) is 9.13. The molecule has 0 saturated heterocycles. The van der Waals surface area contributed by atoms with Gasteiger partial charge in [0.05, 0.1) is 5.56 Å². The summed E-state index contributed by atoms with van der Waals surface area (Å²) in [5.74, 6) is -1.83. The normalized spacial score (nSPS) is 17.7. The van der Waals surface area contributed by atoms with Crippen LogP contribution in [0.4, 0.5) is 4.39 Å². The molecule has 1 aliphatic rings. The summed E-state index contributed by atoms with van der Waals surface area (Å²) in [5.41, 5.74) is 3.76. The van der Waals surface area contributed by atoms with Gasteiger partial charge in [-0.25, -0.2) is 9.18 Å². The fourth-order valence-corrected chi connectivity index (χ4v) is 4.30. The van der Waals surface area contributed by atoms with Crippen molar-refractivity contribution in [1.29, 1.82) is 0 Å². The Morgan fingerprint density at radius 1 is 1.04 bits per heavy atom. The summed E-state index contributed by atoms with van der Waals surface area (Å²) in [4.78, 5) is 10.9. The summed E-state index contributed by atoms with van der Waals surface area (Å²) in [6, 6.07) is 9.70. The van der Waals surface area contributed by atoms with Gasteiger partial charge >= 0.3 is 5.97 Å². The molecule has 0 saturated carbocycles. The molecule has 0 atom stereocenters. The highest BCUT2D eigenvalue weighted by Crippen LogP contribution is 2.49. The second-order valence-electron chi connectivity index (χ2n) is 8.56. The van der Waals surface area contributed by atoms with Gasteiger partial charge in [-0.05, 0) is 58.7 Å². The Balaban J connectivity index is 1.94. The maximum absolute atomic E-state index is 14.1. The van der Waals surface area contributed by atoms with Crippen LogP contribution in [0.2, 0.25) is 0 Å². The molecule has 146 valence electrons. The molecule has 0 unspecified atom stereocenters. The van der Waals surface area contributed by atoms with Gasteiger partial charge in [-0.2, -0.15) is 0 Å². The highest BCUT2D eigenvalue weighted by Gasteiger charge is 2.41. The molecule has 2 aromatic rings. The maximum atomic E-state index is 14.1. The average Bonchev–Trinajstić information content (AvgIpc) is 2.80. The largest absolute Gasteiger partial charge is 0.478 e. The van der Waals surface area contributed by atoms with Crippen molar-refractivity contribution < 1.29 is 19.5 Å². The van der Waals surface area contributed by atoms with Crippen LogP contribution < -0.4 is 0 Å². The van der Waals surface area contributed by atoms with Crippen LogP contribution in [0.5, 0.6) is 0 Å². The van der Waals surface area contributed by atoms with E-state index in [0.717, 1.165) is 18.1 Å². The van der Waals surface area contributed by atoms with E-state index in [0.29, 0.717) is 5.71 Å². The zero-order valence-electron chi connectivity index (χ0n) is 16.5. The molecule has 0 aromatic heterocycles. The lowest BCUT2D eigenvalue weighted by molar-refractivity contribution is 0.0696. The zero-order chi connectivity index (χ0) is 20.7. The molecular weight excluding hydrogens is 357 g/mol. The summed E-state index contributed by atoms with van der Waals surface area (Å²) >= 11 is 0. The number of hydrogen-bond donors (Lipinski definition) is 2. The minimum atomic E-state index is -1.18. The molecule has 5 heteroatoms. The van der Waals surface area contributed by atoms with Crippen molar-refractivity contribution in [2.24, 2.45) is 5.16 Å². The van der Waals surface area contributed by atoms with Crippen molar-refractivity contribution in [2.75, 3.05) is 0 Å². The van der Waals surface area contributed by atoms with E-state index >= 15 is 0 Å². The number of carbonyl (C=O) groups is 1. The van der Waals surface area contributed by atoms with Gasteiger partial charge in [-0.1, -0.05) is 51.0 Å². The van der Waals surface area contributed by atoms with E-state index in [-0.39, 0.29) is 22.0 Å². The molecule has 0 fully saturated rings. The summed E-state index contributed by atoms with van der Waals surface area (Å²) in [5, 5.41) is 21.8. The van der Waals surface area contributed by atoms with Crippen LogP contribution in [-0.4, -0.2) is 22.0 Å².